The van der Waals surface area contributed by atoms with Gasteiger partial charge in [-0.25, -0.2) is 19.6 Å². The maximum absolute atomic E-state index is 13.5. The Balaban J connectivity index is 1.06. The largest absolute Gasteiger partial charge is 0.453 e. The van der Waals surface area contributed by atoms with E-state index in [0.717, 1.165) is 47.0 Å². The molecule has 0 spiro atoms. The summed E-state index contributed by atoms with van der Waals surface area (Å²) in [7, 11) is 2.57. The van der Waals surface area contributed by atoms with Crippen LogP contribution in [0.2, 0.25) is 0 Å². The van der Waals surface area contributed by atoms with Crippen LogP contribution in [0, 0.1) is 23.7 Å². The average Bonchev–Trinajstić information content (AvgIpc) is 3.96. The van der Waals surface area contributed by atoms with E-state index in [0.29, 0.717) is 24.6 Å². The van der Waals surface area contributed by atoms with Crippen LogP contribution in [0.5, 0.6) is 0 Å². The lowest BCUT2D eigenvalue weighted by molar-refractivity contribution is -0.136. The number of carbonyl (C=O) groups is 4. The molecule has 6 heterocycles. The summed E-state index contributed by atoms with van der Waals surface area (Å²) in [5.74, 6) is 7.46. The van der Waals surface area contributed by atoms with Gasteiger partial charge in [-0.3, -0.25) is 9.59 Å². The van der Waals surface area contributed by atoms with Crippen molar-refractivity contribution < 1.29 is 28.7 Å². The second-order valence-electron chi connectivity index (χ2n) is 13.9. The van der Waals surface area contributed by atoms with Crippen molar-refractivity contribution in [2.45, 2.75) is 88.0 Å². The molecular formula is C36H46N8O6S2. The highest BCUT2D eigenvalue weighted by Gasteiger charge is 2.40. The number of nitrogens with zero attached hydrogens (tertiary/aromatic N) is 4. The van der Waals surface area contributed by atoms with Crippen LogP contribution in [0.3, 0.4) is 0 Å². The van der Waals surface area contributed by atoms with Crippen molar-refractivity contribution in [1.29, 1.82) is 0 Å². The number of ether oxygens (including phenoxy) is 2. The average molecular weight is 751 g/mol. The molecule has 4 amide bonds. The number of amides is 4. The monoisotopic (exact) mass is 750 g/mol. The number of thioether (sulfide) groups is 2. The summed E-state index contributed by atoms with van der Waals surface area (Å²) in [6.45, 7) is 8.78. The second kappa shape index (κ2) is 16.1. The highest BCUT2D eigenvalue weighted by molar-refractivity contribution is 8.12. The summed E-state index contributed by atoms with van der Waals surface area (Å²) in [6.07, 6.45) is 10.00. The molecule has 4 N–H and O–H groups in total. The van der Waals surface area contributed by atoms with Crippen LogP contribution in [0.25, 0.3) is 4.91 Å². The third-order valence-electron chi connectivity index (χ3n) is 9.74. The number of likely N-dealkylation sites (tertiary alicyclic amines) is 2. The van der Waals surface area contributed by atoms with Gasteiger partial charge in [0.25, 0.3) is 0 Å². The van der Waals surface area contributed by atoms with E-state index in [1.807, 2.05) is 38.8 Å². The Morgan fingerprint density at radius 2 is 1.33 bits per heavy atom. The highest BCUT2D eigenvalue weighted by atomic mass is 32.2. The van der Waals surface area contributed by atoms with Crippen LogP contribution < -0.4 is 10.6 Å². The second-order valence-corrected chi connectivity index (χ2v) is 16.4. The third-order valence-corrected chi connectivity index (χ3v) is 12.4. The van der Waals surface area contributed by atoms with Crippen molar-refractivity contribution >= 4 is 52.4 Å². The van der Waals surface area contributed by atoms with Gasteiger partial charge in [-0.2, -0.15) is 0 Å². The zero-order chi connectivity index (χ0) is 37.1. The zero-order valence-electron chi connectivity index (χ0n) is 30.2. The topological polar surface area (TPSA) is 175 Å². The van der Waals surface area contributed by atoms with Gasteiger partial charge in [-0.05, 0) is 49.5 Å². The Bertz CT molecular complexity index is 1810. The van der Waals surface area contributed by atoms with Gasteiger partial charge in [-0.15, -0.1) is 23.5 Å². The van der Waals surface area contributed by atoms with Crippen LogP contribution in [0.4, 0.5) is 9.59 Å². The molecule has 0 bridgehead atoms. The summed E-state index contributed by atoms with van der Waals surface area (Å²) >= 11 is 3.49. The number of allylic oxidation sites excluding steroid dienone is 1. The number of imidazole rings is 2. The Hall–Kier alpha value is -4.36. The number of aromatic nitrogens is 4. The predicted molar refractivity (Wildman–Crippen MR) is 199 cm³/mol. The van der Waals surface area contributed by atoms with Gasteiger partial charge in [0.05, 0.1) is 49.3 Å². The Kier molecular flexibility index (Phi) is 11.6. The molecule has 16 heteroatoms. The van der Waals surface area contributed by atoms with Gasteiger partial charge in [0.2, 0.25) is 11.8 Å². The SMILES string of the molecule is COC(=O)NC(C(=O)N1CCC[C@H]1c1ncc(C#CC2=CC3SC(c4cnc([C@@H]5CCCN5C(=O)[C@@H](NC(=O)OC)C(C)C)[nH]4)=CC3S2)[nH]1)C(C)C. The molecule has 2 fully saturated rings. The lowest BCUT2D eigenvalue weighted by atomic mass is 10.0. The lowest BCUT2D eigenvalue weighted by Crippen LogP contribution is -2.51. The smallest absolute Gasteiger partial charge is 0.407 e. The first-order valence-electron chi connectivity index (χ1n) is 17.7. The molecular weight excluding hydrogens is 705 g/mol. The van der Waals surface area contributed by atoms with Crippen molar-refractivity contribution in [3.8, 4) is 11.8 Å². The third kappa shape index (κ3) is 8.00. The minimum absolute atomic E-state index is 0.0986. The first-order valence-corrected chi connectivity index (χ1v) is 19.4. The summed E-state index contributed by atoms with van der Waals surface area (Å²) in [6, 6.07) is -1.78. The fourth-order valence-electron chi connectivity index (χ4n) is 7.00. The normalized spacial score (nSPS) is 23.5. The van der Waals surface area contributed by atoms with E-state index in [1.165, 1.54) is 14.2 Å². The van der Waals surface area contributed by atoms with Crippen molar-refractivity contribution in [2.24, 2.45) is 11.8 Å². The standard InChI is InChI=1S/C36H46N8O6S2/c1-19(2)29(41-35(47)49-5)33(45)43-13-7-9-24(43)31-37-17-21(39-31)11-12-22-15-27-28(51-22)16-26(52-27)23-18-38-32(40-23)25-10-8-14-44(25)34(46)30(20(3)4)42-36(48)50-6/h15-20,24-25,27-30H,7-10,13-14H2,1-6H3,(H,37,39)(H,38,40)(H,41,47)(H,42,48)/t24-,25-,27?,28?,29?,30-/m0/s1. The van der Waals surface area contributed by atoms with Crippen molar-refractivity contribution in [3.63, 3.8) is 0 Å². The van der Waals surface area contributed by atoms with Crippen LogP contribution in [-0.2, 0) is 19.1 Å². The van der Waals surface area contributed by atoms with E-state index in [9.17, 15) is 19.2 Å². The number of methoxy groups -OCH3 is 2. The summed E-state index contributed by atoms with van der Waals surface area (Å²) < 4.78 is 9.49. The lowest BCUT2D eigenvalue weighted by Gasteiger charge is -2.30. The molecule has 0 radical (unpaired) electrons. The molecule has 6 atom stereocenters. The highest BCUT2D eigenvalue weighted by Crippen LogP contribution is 2.50. The first-order chi connectivity index (χ1) is 25.0. The Morgan fingerprint density at radius 1 is 0.788 bits per heavy atom. The maximum Gasteiger partial charge on any atom is 0.407 e. The molecule has 278 valence electrons. The maximum atomic E-state index is 13.5. The van der Waals surface area contributed by atoms with Gasteiger partial charge in [0, 0.05) is 28.5 Å². The molecule has 2 saturated heterocycles. The van der Waals surface area contributed by atoms with Gasteiger partial charge in [-0.1, -0.05) is 39.7 Å². The number of carbonyl (C=O) groups excluding carboxylic acids is 4. The van der Waals surface area contributed by atoms with E-state index >= 15 is 0 Å². The van der Waals surface area contributed by atoms with Crippen LogP contribution in [0.1, 0.15) is 88.5 Å². The van der Waals surface area contributed by atoms with Crippen LogP contribution in [0.15, 0.2) is 29.5 Å². The van der Waals surface area contributed by atoms with E-state index in [-0.39, 0.29) is 46.2 Å². The minimum Gasteiger partial charge on any atom is -0.453 e. The summed E-state index contributed by atoms with van der Waals surface area (Å²) in [5, 5.41) is 5.85. The van der Waals surface area contributed by atoms with Crippen molar-refractivity contribution in [3.05, 3.63) is 52.5 Å². The molecule has 52 heavy (non-hydrogen) atoms. The number of aromatic amines is 2. The number of fused-ring (bicyclic) bond motifs is 1. The Labute approximate surface area is 312 Å². The molecule has 3 unspecified atom stereocenters. The number of nitrogens with one attached hydrogen (secondary N) is 4. The van der Waals surface area contributed by atoms with Crippen molar-refractivity contribution in [1.82, 2.24) is 40.4 Å². The number of H-pyrrole nitrogens is 2. The van der Waals surface area contributed by atoms with Gasteiger partial charge in [0.15, 0.2) is 0 Å². The molecule has 4 aliphatic rings. The number of hydrogen-bond acceptors (Lipinski definition) is 10. The molecule has 2 aromatic rings. The molecule has 0 saturated carbocycles. The van der Waals surface area contributed by atoms with Crippen LogP contribution >= 0.6 is 23.5 Å². The van der Waals surface area contributed by atoms with Crippen LogP contribution in [-0.4, -0.2) is 104 Å². The summed E-state index contributed by atoms with van der Waals surface area (Å²) in [4.78, 5) is 72.6. The molecule has 2 aromatic heterocycles. The van der Waals surface area contributed by atoms with E-state index in [2.05, 4.69) is 49.6 Å². The van der Waals surface area contributed by atoms with E-state index in [1.54, 1.807) is 34.6 Å². The number of hydrogen-bond donors (Lipinski definition) is 4. The van der Waals surface area contributed by atoms with Gasteiger partial charge >= 0.3 is 12.2 Å². The Morgan fingerprint density at radius 3 is 1.87 bits per heavy atom. The molecule has 6 rings (SSSR count). The molecule has 4 aliphatic heterocycles. The number of alkyl carbamates (subject to hydrolysis) is 2. The zero-order valence-corrected chi connectivity index (χ0v) is 31.9. The van der Waals surface area contributed by atoms with E-state index < -0.39 is 24.3 Å². The fraction of sp³-hybridized carbons (Fsp3) is 0.556. The van der Waals surface area contributed by atoms with Gasteiger partial charge < -0.3 is 39.9 Å². The summed E-state index contributed by atoms with van der Waals surface area (Å²) in [5.41, 5.74) is 1.60. The quantitative estimate of drug-likeness (QED) is 0.263. The minimum atomic E-state index is -0.690. The first kappa shape index (κ1) is 37.4. The predicted octanol–water partition coefficient (Wildman–Crippen LogP) is 4.73. The van der Waals surface area contributed by atoms with E-state index in [4.69, 9.17) is 14.5 Å². The molecule has 0 aliphatic carbocycles. The van der Waals surface area contributed by atoms with Gasteiger partial charge in [0.1, 0.15) is 29.4 Å². The molecule has 0 aromatic carbocycles. The van der Waals surface area contributed by atoms with Crippen molar-refractivity contribution in [2.75, 3.05) is 27.3 Å². The fourth-order valence-corrected chi connectivity index (χ4v) is 9.72. The molecule has 14 nitrogen and oxygen atoms in total. The number of rotatable bonds is 9.